The number of ketones is 1. The molecular weight excluding hydrogens is 224 g/mol. The van der Waals surface area contributed by atoms with Gasteiger partial charge in [0.1, 0.15) is 11.6 Å². The molecule has 0 amide bonds. The third-order valence-electron chi connectivity index (χ3n) is 3.45. The van der Waals surface area contributed by atoms with Gasteiger partial charge >= 0.3 is 0 Å². The van der Waals surface area contributed by atoms with E-state index in [9.17, 15) is 13.6 Å². The maximum absolute atomic E-state index is 13.5. The van der Waals surface area contributed by atoms with Crippen molar-refractivity contribution in [3.05, 3.63) is 35.4 Å². The molecule has 2 nitrogen and oxygen atoms in total. The Morgan fingerprint density at radius 3 is 2.29 bits per heavy atom. The van der Waals surface area contributed by atoms with Gasteiger partial charge in [-0.15, -0.1) is 0 Å². The zero-order valence-electron chi connectivity index (χ0n) is 9.72. The molecule has 0 atom stereocenters. The highest BCUT2D eigenvalue weighted by Crippen LogP contribution is 2.33. The number of hydrogen-bond acceptors (Lipinski definition) is 2. The number of halogens is 2. The van der Waals surface area contributed by atoms with Crippen molar-refractivity contribution in [2.24, 2.45) is 5.41 Å². The summed E-state index contributed by atoms with van der Waals surface area (Å²) in [6.07, 6.45) is 1.22. The summed E-state index contributed by atoms with van der Waals surface area (Å²) in [5, 5.41) is 3.14. The number of Topliss-reactive ketones (excluding diaryl/α,β-unsaturated/α-hetero) is 1. The number of carbonyl (C=O) groups is 1. The van der Waals surface area contributed by atoms with Crippen molar-refractivity contribution >= 4 is 5.78 Å². The number of rotatable bonds is 2. The Labute approximate surface area is 99.0 Å². The van der Waals surface area contributed by atoms with Crippen molar-refractivity contribution < 1.29 is 13.6 Å². The smallest absolute Gasteiger partial charge is 0.174 e. The fourth-order valence-corrected chi connectivity index (χ4v) is 2.22. The van der Waals surface area contributed by atoms with Crippen LogP contribution in [-0.4, -0.2) is 18.9 Å². The van der Waals surface area contributed by atoms with Crippen LogP contribution in [-0.2, 0) is 0 Å². The number of benzene rings is 1. The maximum atomic E-state index is 13.5. The Morgan fingerprint density at radius 1 is 1.24 bits per heavy atom. The standard InChI is InChI=1S/C13H15F2NO/c1-13(5-7-16-8-6-13)12(17)11-9(14)3-2-4-10(11)15/h2-4,16H,5-8H2,1H3. The van der Waals surface area contributed by atoms with Crippen LogP contribution in [0.1, 0.15) is 30.1 Å². The minimum Gasteiger partial charge on any atom is -0.317 e. The van der Waals surface area contributed by atoms with Crippen LogP contribution in [0.3, 0.4) is 0 Å². The summed E-state index contributed by atoms with van der Waals surface area (Å²) in [4.78, 5) is 12.3. The van der Waals surface area contributed by atoms with Crippen LogP contribution in [0, 0.1) is 17.0 Å². The average Bonchev–Trinajstić information content (AvgIpc) is 2.29. The molecule has 17 heavy (non-hydrogen) atoms. The highest BCUT2D eigenvalue weighted by molar-refractivity contribution is 6.00. The highest BCUT2D eigenvalue weighted by Gasteiger charge is 2.37. The SMILES string of the molecule is CC1(C(=O)c2c(F)cccc2F)CCNCC1. The van der Waals surface area contributed by atoms with Crippen molar-refractivity contribution in [3.63, 3.8) is 0 Å². The molecule has 1 heterocycles. The summed E-state index contributed by atoms with van der Waals surface area (Å²) in [6.45, 7) is 3.19. The van der Waals surface area contributed by atoms with Gasteiger partial charge in [0.15, 0.2) is 5.78 Å². The minimum atomic E-state index is -0.769. The lowest BCUT2D eigenvalue weighted by atomic mass is 9.75. The van der Waals surface area contributed by atoms with Crippen LogP contribution in [0.25, 0.3) is 0 Å². The first-order chi connectivity index (χ1) is 8.04. The van der Waals surface area contributed by atoms with Crippen molar-refractivity contribution in [1.82, 2.24) is 5.32 Å². The van der Waals surface area contributed by atoms with Crippen molar-refractivity contribution in [2.45, 2.75) is 19.8 Å². The molecule has 0 spiro atoms. The van der Waals surface area contributed by atoms with E-state index in [1.54, 1.807) is 6.92 Å². The lowest BCUT2D eigenvalue weighted by Crippen LogP contribution is -2.40. The van der Waals surface area contributed by atoms with E-state index in [4.69, 9.17) is 0 Å². The lowest BCUT2D eigenvalue weighted by Gasteiger charge is -2.32. The highest BCUT2D eigenvalue weighted by atomic mass is 19.1. The fourth-order valence-electron chi connectivity index (χ4n) is 2.22. The van der Waals surface area contributed by atoms with E-state index >= 15 is 0 Å². The van der Waals surface area contributed by atoms with Crippen LogP contribution in [0.4, 0.5) is 8.78 Å². The summed E-state index contributed by atoms with van der Waals surface area (Å²) in [5.41, 5.74) is -1.05. The van der Waals surface area contributed by atoms with Crippen LogP contribution < -0.4 is 5.32 Å². The molecule has 0 aliphatic carbocycles. The molecule has 0 aromatic heterocycles. The Kier molecular flexibility index (Phi) is 3.24. The lowest BCUT2D eigenvalue weighted by molar-refractivity contribution is 0.0753. The zero-order valence-corrected chi connectivity index (χ0v) is 9.72. The molecule has 1 saturated heterocycles. The van der Waals surface area contributed by atoms with Gasteiger partial charge in [-0.2, -0.15) is 0 Å². The summed E-state index contributed by atoms with van der Waals surface area (Å²) in [7, 11) is 0. The molecule has 1 N–H and O–H groups in total. The van der Waals surface area contributed by atoms with E-state index in [-0.39, 0.29) is 0 Å². The third kappa shape index (κ3) is 2.22. The van der Waals surface area contributed by atoms with E-state index in [2.05, 4.69) is 5.32 Å². The normalized spacial score (nSPS) is 19.0. The second-order valence-corrected chi connectivity index (χ2v) is 4.74. The summed E-state index contributed by atoms with van der Waals surface area (Å²) in [5.74, 6) is -1.96. The minimum absolute atomic E-state index is 0.392. The molecule has 0 unspecified atom stereocenters. The van der Waals surface area contributed by atoms with Gasteiger partial charge in [-0.25, -0.2) is 8.78 Å². The summed E-state index contributed by atoms with van der Waals surface area (Å²) in [6, 6.07) is 3.52. The number of nitrogens with one attached hydrogen (secondary N) is 1. The van der Waals surface area contributed by atoms with Gasteiger partial charge in [-0.1, -0.05) is 13.0 Å². The monoisotopic (exact) mass is 239 g/mol. The number of hydrogen-bond donors (Lipinski definition) is 1. The Bertz CT molecular complexity index is 419. The van der Waals surface area contributed by atoms with E-state index < -0.39 is 28.4 Å². The molecular formula is C13H15F2NO. The van der Waals surface area contributed by atoms with E-state index in [1.807, 2.05) is 0 Å². The second-order valence-electron chi connectivity index (χ2n) is 4.74. The molecule has 1 aromatic carbocycles. The Balaban J connectivity index is 2.36. The van der Waals surface area contributed by atoms with Gasteiger partial charge in [0.05, 0.1) is 5.56 Å². The quantitative estimate of drug-likeness (QED) is 0.803. The Morgan fingerprint density at radius 2 is 1.76 bits per heavy atom. The molecule has 1 aliphatic rings. The van der Waals surface area contributed by atoms with Gasteiger partial charge in [0.2, 0.25) is 0 Å². The Hall–Kier alpha value is -1.29. The van der Waals surface area contributed by atoms with E-state index in [0.29, 0.717) is 25.9 Å². The predicted octanol–water partition coefficient (Wildman–Crippen LogP) is 2.54. The first-order valence-electron chi connectivity index (χ1n) is 5.74. The molecule has 2 rings (SSSR count). The molecule has 1 fully saturated rings. The third-order valence-corrected chi connectivity index (χ3v) is 3.45. The van der Waals surface area contributed by atoms with Crippen LogP contribution in [0.5, 0.6) is 0 Å². The molecule has 0 saturated carbocycles. The van der Waals surface area contributed by atoms with Gasteiger partial charge in [0, 0.05) is 5.41 Å². The average molecular weight is 239 g/mol. The van der Waals surface area contributed by atoms with Gasteiger partial charge < -0.3 is 5.32 Å². The summed E-state index contributed by atoms with van der Waals surface area (Å²) < 4.78 is 27.1. The van der Waals surface area contributed by atoms with Crippen LogP contribution in [0.2, 0.25) is 0 Å². The fraction of sp³-hybridized carbons (Fsp3) is 0.462. The molecule has 1 aliphatic heterocycles. The molecule has 4 heteroatoms. The molecule has 92 valence electrons. The predicted molar refractivity (Wildman–Crippen MR) is 60.9 cm³/mol. The van der Waals surface area contributed by atoms with E-state index in [1.165, 1.54) is 6.07 Å². The molecule has 0 bridgehead atoms. The van der Waals surface area contributed by atoms with Gasteiger partial charge in [-0.05, 0) is 38.1 Å². The molecule has 0 radical (unpaired) electrons. The molecule has 1 aromatic rings. The van der Waals surface area contributed by atoms with Crippen molar-refractivity contribution in [2.75, 3.05) is 13.1 Å². The first-order valence-corrected chi connectivity index (χ1v) is 5.74. The topological polar surface area (TPSA) is 29.1 Å². The van der Waals surface area contributed by atoms with Gasteiger partial charge in [0.25, 0.3) is 0 Å². The number of carbonyl (C=O) groups excluding carboxylic acids is 1. The zero-order chi connectivity index (χ0) is 12.5. The second kappa shape index (κ2) is 4.53. The maximum Gasteiger partial charge on any atom is 0.174 e. The number of piperidine rings is 1. The van der Waals surface area contributed by atoms with Gasteiger partial charge in [-0.3, -0.25) is 4.79 Å². The summed E-state index contributed by atoms with van der Waals surface area (Å²) >= 11 is 0. The van der Waals surface area contributed by atoms with Crippen molar-refractivity contribution in [3.8, 4) is 0 Å². The first kappa shape index (κ1) is 12.2. The van der Waals surface area contributed by atoms with E-state index in [0.717, 1.165) is 12.1 Å². The van der Waals surface area contributed by atoms with Crippen molar-refractivity contribution in [1.29, 1.82) is 0 Å². The largest absolute Gasteiger partial charge is 0.317 e. The van der Waals surface area contributed by atoms with Crippen LogP contribution in [0.15, 0.2) is 18.2 Å². The van der Waals surface area contributed by atoms with Crippen LogP contribution >= 0.6 is 0 Å².